The Morgan fingerprint density at radius 1 is 1.29 bits per heavy atom. The minimum Gasteiger partial charge on any atom is -0.508 e. The first kappa shape index (κ1) is 10.9. The topological polar surface area (TPSA) is 32.7 Å². The lowest BCUT2D eigenvalue weighted by Crippen LogP contribution is -2.28. The fourth-order valence-electron chi connectivity index (χ4n) is 2.92. The smallest absolute Gasteiger partial charge is 0.123 e. The first-order valence-corrected chi connectivity index (χ1v) is 6.51. The highest BCUT2D eigenvalue weighted by atomic mass is 16.5. The van der Waals surface area contributed by atoms with Gasteiger partial charge < -0.3 is 14.7 Å². The van der Waals surface area contributed by atoms with Crippen LogP contribution in [0, 0.1) is 0 Å². The number of hydrogen-bond donors (Lipinski definition) is 1. The van der Waals surface area contributed by atoms with Gasteiger partial charge in [-0.15, -0.1) is 0 Å². The summed E-state index contributed by atoms with van der Waals surface area (Å²) in [5.41, 5.74) is 1.18. The van der Waals surface area contributed by atoms with Gasteiger partial charge in [-0.05, 0) is 50.6 Å². The van der Waals surface area contributed by atoms with E-state index in [0.29, 0.717) is 11.7 Å². The molecule has 17 heavy (non-hydrogen) atoms. The monoisotopic (exact) mass is 233 g/mol. The van der Waals surface area contributed by atoms with Crippen LogP contribution in [0.15, 0.2) is 18.2 Å². The van der Waals surface area contributed by atoms with Crippen molar-refractivity contribution in [3.63, 3.8) is 0 Å². The Balaban J connectivity index is 1.80. The molecule has 3 heteroatoms. The maximum Gasteiger partial charge on any atom is 0.123 e. The van der Waals surface area contributed by atoms with Gasteiger partial charge in [0.2, 0.25) is 0 Å². The minimum atomic E-state index is 0.348. The van der Waals surface area contributed by atoms with Gasteiger partial charge in [-0.3, -0.25) is 0 Å². The van der Waals surface area contributed by atoms with E-state index in [1.54, 1.807) is 6.07 Å². The third kappa shape index (κ3) is 2.25. The molecule has 3 nitrogen and oxygen atoms in total. The zero-order valence-electron chi connectivity index (χ0n) is 10.1. The average Bonchev–Trinajstić information content (AvgIpc) is 2.83. The molecule has 1 unspecified atom stereocenters. The number of likely N-dealkylation sites (tertiary alicyclic amines) is 1. The molecule has 0 saturated carbocycles. The average molecular weight is 233 g/mol. The second-order valence-electron chi connectivity index (χ2n) is 5.06. The minimum absolute atomic E-state index is 0.348. The Morgan fingerprint density at radius 3 is 2.94 bits per heavy atom. The van der Waals surface area contributed by atoms with Crippen molar-refractivity contribution < 1.29 is 9.84 Å². The third-order valence-electron chi connectivity index (χ3n) is 3.83. The molecule has 1 N–H and O–H groups in total. The van der Waals surface area contributed by atoms with Crippen LogP contribution >= 0.6 is 0 Å². The van der Waals surface area contributed by atoms with E-state index < -0.39 is 0 Å². The predicted molar refractivity (Wildman–Crippen MR) is 66.6 cm³/mol. The SMILES string of the molecule is Oc1ccc2c(c1)C(CN1CCCC1)CCO2. The van der Waals surface area contributed by atoms with E-state index >= 15 is 0 Å². The Bertz CT molecular complexity index is 399. The van der Waals surface area contributed by atoms with Crippen molar-refractivity contribution in [3.05, 3.63) is 23.8 Å². The Morgan fingerprint density at radius 2 is 2.12 bits per heavy atom. The fraction of sp³-hybridized carbons (Fsp3) is 0.571. The molecule has 0 aliphatic carbocycles. The van der Waals surface area contributed by atoms with Crippen molar-refractivity contribution >= 4 is 0 Å². The van der Waals surface area contributed by atoms with E-state index in [2.05, 4.69) is 4.90 Å². The van der Waals surface area contributed by atoms with E-state index in [1.807, 2.05) is 12.1 Å². The molecule has 1 aromatic carbocycles. The van der Waals surface area contributed by atoms with Crippen LogP contribution in [-0.4, -0.2) is 36.2 Å². The van der Waals surface area contributed by atoms with Crippen molar-refractivity contribution in [2.45, 2.75) is 25.2 Å². The van der Waals surface area contributed by atoms with Crippen molar-refractivity contribution in [3.8, 4) is 11.5 Å². The van der Waals surface area contributed by atoms with E-state index in [9.17, 15) is 5.11 Å². The van der Waals surface area contributed by atoms with Crippen LogP contribution in [0.25, 0.3) is 0 Å². The first-order valence-electron chi connectivity index (χ1n) is 6.51. The first-order chi connectivity index (χ1) is 8.33. The number of benzene rings is 1. The van der Waals surface area contributed by atoms with Gasteiger partial charge in [-0.2, -0.15) is 0 Å². The van der Waals surface area contributed by atoms with Gasteiger partial charge >= 0.3 is 0 Å². The molecule has 1 atom stereocenters. The lowest BCUT2D eigenvalue weighted by Gasteiger charge is -2.29. The molecule has 0 aromatic heterocycles. The van der Waals surface area contributed by atoms with Crippen LogP contribution in [-0.2, 0) is 0 Å². The fourth-order valence-corrected chi connectivity index (χ4v) is 2.92. The van der Waals surface area contributed by atoms with Crippen molar-refractivity contribution in [1.29, 1.82) is 0 Å². The number of hydrogen-bond acceptors (Lipinski definition) is 3. The summed E-state index contributed by atoms with van der Waals surface area (Å²) >= 11 is 0. The van der Waals surface area contributed by atoms with Crippen molar-refractivity contribution in [2.24, 2.45) is 0 Å². The van der Waals surface area contributed by atoms with Crippen LogP contribution in [0.5, 0.6) is 11.5 Å². The molecular weight excluding hydrogens is 214 g/mol. The Labute approximate surface area is 102 Å². The van der Waals surface area contributed by atoms with E-state index in [-0.39, 0.29) is 0 Å². The van der Waals surface area contributed by atoms with Crippen molar-refractivity contribution in [1.82, 2.24) is 4.90 Å². The van der Waals surface area contributed by atoms with Crippen LogP contribution in [0.4, 0.5) is 0 Å². The van der Waals surface area contributed by atoms with Gasteiger partial charge in [0.05, 0.1) is 6.61 Å². The molecule has 0 spiro atoms. The third-order valence-corrected chi connectivity index (χ3v) is 3.83. The quantitative estimate of drug-likeness (QED) is 0.851. The predicted octanol–water partition coefficient (Wildman–Crippen LogP) is 2.35. The second kappa shape index (κ2) is 4.57. The number of ether oxygens (including phenoxy) is 1. The van der Waals surface area contributed by atoms with Crippen molar-refractivity contribution in [2.75, 3.05) is 26.2 Å². The van der Waals surface area contributed by atoms with Crippen LogP contribution in [0.1, 0.15) is 30.7 Å². The summed E-state index contributed by atoms with van der Waals surface area (Å²) in [5.74, 6) is 1.82. The molecule has 3 rings (SSSR count). The van der Waals surface area contributed by atoms with Crippen LogP contribution in [0.3, 0.4) is 0 Å². The largest absolute Gasteiger partial charge is 0.508 e. The van der Waals surface area contributed by atoms with Gasteiger partial charge in [0.15, 0.2) is 0 Å². The molecule has 2 aliphatic heterocycles. The molecule has 1 fully saturated rings. The molecular formula is C14H19NO2. The Hall–Kier alpha value is -1.22. The molecule has 2 aliphatic rings. The molecule has 0 amide bonds. The number of fused-ring (bicyclic) bond motifs is 1. The number of nitrogens with zero attached hydrogens (tertiary/aromatic N) is 1. The summed E-state index contributed by atoms with van der Waals surface area (Å²) in [6.45, 7) is 4.37. The summed E-state index contributed by atoms with van der Waals surface area (Å²) in [7, 11) is 0. The van der Waals surface area contributed by atoms with Crippen LogP contribution < -0.4 is 4.74 Å². The zero-order chi connectivity index (χ0) is 11.7. The molecule has 92 valence electrons. The molecule has 1 saturated heterocycles. The Kier molecular flexibility index (Phi) is 2.93. The summed E-state index contributed by atoms with van der Waals surface area (Å²) in [4.78, 5) is 2.53. The van der Waals surface area contributed by atoms with Gasteiger partial charge in [0.1, 0.15) is 11.5 Å². The van der Waals surface area contributed by atoms with Gasteiger partial charge in [0.25, 0.3) is 0 Å². The lowest BCUT2D eigenvalue weighted by molar-refractivity contribution is 0.231. The number of phenolic OH excluding ortho intramolecular Hbond substituents is 1. The summed E-state index contributed by atoms with van der Waals surface area (Å²) in [5, 5.41) is 9.60. The van der Waals surface area contributed by atoms with Gasteiger partial charge in [-0.1, -0.05) is 0 Å². The molecule has 0 bridgehead atoms. The highest BCUT2D eigenvalue weighted by molar-refractivity contribution is 5.43. The molecule has 1 aromatic rings. The highest BCUT2D eigenvalue weighted by Gasteiger charge is 2.25. The summed E-state index contributed by atoms with van der Waals surface area (Å²) in [6.07, 6.45) is 3.72. The zero-order valence-corrected chi connectivity index (χ0v) is 10.1. The van der Waals surface area contributed by atoms with Gasteiger partial charge in [-0.25, -0.2) is 0 Å². The van der Waals surface area contributed by atoms with E-state index in [1.165, 1.54) is 31.5 Å². The lowest BCUT2D eigenvalue weighted by atomic mass is 9.92. The van der Waals surface area contributed by atoms with Crippen LogP contribution in [0.2, 0.25) is 0 Å². The van der Waals surface area contributed by atoms with E-state index in [0.717, 1.165) is 25.3 Å². The second-order valence-corrected chi connectivity index (χ2v) is 5.06. The maximum absolute atomic E-state index is 9.60. The number of rotatable bonds is 2. The maximum atomic E-state index is 9.60. The molecule has 0 radical (unpaired) electrons. The standard InChI is InChI=1S/C14H19NO2/c16-12-3-4-14-13(9-12)11(5-8-17-14)10-15-6-1-2-7-15/h3-4,9,11,16H,1-2,5-8,10H2. The number of aromatic hydroxyl groups is 1. The molecule has 2 heterocycles. The summed E-state index contributed by atoms with van der Waals surface area (Å²) < 4.78 is 5.64. The summed E-state index contributed by atoms with van der Waals surface area (Å²) in [6, 6.07) is 5.47. The van der Waals surface area contributed by atoms with Gasteiger partial charge in [0, 0.05) is 18.0 Å². The normalized spacial score (nSPS) is 24.4. The number of phenols is 1. The highest BCUT2D eigenvalue weighted by Crippen LogP contribution is 2.36. The van der Waals surface area contributed by atoms with E-state index in [4.69, 9.17) is 4.74 Å².